The molecule has 0 spiro atoms. The second-order valence-corrected chi connectivity index (χ2v) is 6.80. The number of anilines is 1. The van der Waals surface area contributed by atoms with E-state index in [-0.39, 0.29) is 16.1 Å². The Hall–Kier alpha value is -1.17. The van der Waals surface area contributed by atoms with E-state index >= 15 is 0 Å². The fourth-order valence-corrected chi connectivity index (χ4v) is 3.26. The van der Waals surface area contributed by atoms with Gasteiger partial charge in [-0.2, -0.15) is 8.78 Å². The number of halogens is 2. The molecule has 19 heavy (non-hydrogen) atoms. The van der Waals surface area contributed by atoms with E-state index in [4.69, 9.17) is 0 Å². The largest absolute Gasteiger partial charge is 0.379 e. The van der Waals surface area contributed by atoms with Gasteiger partial charge in [-0.05, 0) is 37.8 Å². The van der Waals surface area contributed by atoms with Crippen LogP contribution in [-0.4, -0.2) is 19.7 Å². The van der Waals surface area contributed by atoms with Crippen LogP contribution in [0.5, 0.6) is 0 Å². The van der Waals surface area contributed by atoms with Crippen LogP contribution in [0.1, 0.15) is 32.6 Å². The minimum atomic E-state index is -4.57. The second kappa shape index (κ2) is 5.07. The van der Waals surface area contributed by atoms with Crippen LogP contribution >= 0.6 is 0 Å². The van der Waals surface area contributed by atoms with E-state index in [0.717, 1.165) is 25.7 Å². The molecular formula is C13H17F2NO2S. The van der Waals surface area contributed by atoms with E-state index in [1.54, 1.807) is 12.1 Å². The monoisotopic (exact) mass is 289 g/mol. The highest BCUT2D eigenvalue weighted by Gasteiger charge is 2.37. The van der Waals surface area contributed by atoms with Crippen LogP contribution in [-0.2, 0) is 9.84 Å². The summed E-state index contributed by atoms with van der Waals surface area (Å²) in [6.07, 6.45) is 3.79. The molecule has 2 rings (SSSR count). The van der Waals surface area contributed by atoms with Gasteiger partial charge in [-0.15, -0.1) is 0 Å². The summed E-state index contributed by atoms with van der Waals surface area (Å²) < 4.78 is 48.6. The summed E-state index contributed by atoms with van der Waals surface area (Å²) in [6.45, 7) is 2.01. The van der Waals surface area contributed by atoms with Crippen molar-refractivity contribution in [2.24, 2.45) is 0 Å². The lowest BCUT2D eigenvalue weighted by atomic mass is 9.74. The van der Waals surface area contributed by atoms with Gasteiger partial charge < -0.3 is 5.32 Å². The number of hydrogen-bond acceptors (Lipinski definition) is 3. The van der Waals surface area contributed by atoms with Gasteiger partial charge in [0.1, 0.15) is 0 Å². The molecule has 0 amide bonds. The quantitative estimate of drug-likeness (QED) is 0.903. The zero-order valence-corrected chi connectivity index (χ0v) is 11.5. The van der Waals surface area contributed by atoms with Gasteiger partial charge >= 0.3 is 5.76 Å². The highest BCUT2D eigenvalue weighted by molar-refractivity contribution is 7.91. The van der Waals surface area contributed by atoms with Gasteiger partial charge in [0.15, 0.2) is 0 Å². The molecule has 1 aromatic carbocycles. The summed E-state index contributed by atoms with van der Waals surface area (Å²) in [7, 11) is -4.57. The van der Waals surface area contributed by atoms with Crippen molar-refractivity contribution >= 4 is 15.5 Å². The zero-order chi connectivity index (χ0) is 14.1. The molecule has 1 saturated carbocycles. The van der Waals surface area contributed by atoms with E-state index in [1.165, 1.54) is 12.1 Å². The van der Waals surface area contributed by atoms with E-state index in [1.807, 2.05) is 6.92 Å². The van der Waals surface area contributed by atoms with Gasteiger partial charge in [0.25, 0.3) is 0 Å². The zero-order valence-electron chi connectivity index (χ0n) is 10.7. The van der Waals surface area contributed by atoms with Crippen molar-refractivity contribution in [3.8, 4) is 0 Å². The SMILES string of the molecule is CCC1(Nc2ccccc2S(=O)(=O)C(F)F)CCC1. The van der Waals surface area contributed by atoms with Gasteiger partial charge in [-0.3, -0.25) is 0 Å². The molecule has 0 unspecified atom stereocenters. The van der Waals surface area contributed by atoms with Crippen molar-refractivity contribution in [3.05, 3.63) is 24.3 Å². The molecule has 6 heteroatoms. The molecule has 1 aliphatic rings. The molecule has 0 atom stereocenters. The first-order chi connectivity index (χ1) is 8.91. The number of nitrogens with one attached hydrogen (secondary N) is 1. The smallest absolute Gasteiger partial charge is 0.341 e. The maximum Gasteiger partial charge on any atom is 0.341 e. The van der Waals surface area contributed by atoms with Gasteiger partial charge in [-0.1, -0.05) is 19.1 Å². The molecule has 0 aromatic heterocycles. The lowest BCUT2D eigenvalue weighted by Gasteiger charge is -2.43. The first kappa shape index (κ1) is 14.2. The molecule has 0 saturated heterocycles. The molecule has 1 aromatic rings. The number of benzene rings is 1. The van der Waals surface area contributed by atoms with E-state index < -0.39 is 15.6 Å². The number of sulfone groups is 1. The Morgan fingerprint density at radius 2 is 1.95 bits per heavy atom. The maximum atomic E-state index is 12.7. The maximum absolute atomic E-state index is 12.7. The van der Waals surface area contributed by atoms with E-state index in [2.05, 4.69) is 5.32 Å². The molecule has 1 aliphatic carbocycles. The second-order valence-electron chi connectivity index (χ2n) is 4.91. The molecule has 0 bridgehead atoms. The Balaban J connectivity index is 2.37. The third kappa shape index (κ3) is 2.59. The number of alkyl halides is 2. The predicted octanol–water partition coefficient (Wildman–Crippen LogP) is 3.43. The average Bonchev–Trinajstić information content (AvgIpc) is 2.34. The number of rotatable bonds is 5. The van der Waals surface area contributed by atoms with Crippen LogP contribution < -0.4 is 5.32 Å². The van der Waals surface area contributed by atoms with Crippen LogP contribution in [0.4, 0.5) is 14.5 Å². The van der Waals surface area contributed by atoms with E-state index in [9.17, 15) is 17.2 Å². The fourth-order valence-electron chi connectivity index (χ4n) is 2.37. The Bertz CT molecular complexity index is 548. The topological polar surface area (TPSA) is 46.2 Å². The molecule has 1 fully saturated rings. The standard InChI is InChI=1S/C13H17F2NO2S/c1-2-13(8-5-9-13)16-10-6-3-4-7-11(10)19(17,18)12(14)15/h3-4,6-7,12,16H,2,5,8-9H2,1H3. The first-order valence-electron chi connectivity index (χ1n) is 6.30. The fraction of sp³-hybridized carbons (Fsp3) is 0.538. The van der Waals surface area contributed by atoms with Gasteiger partial charge in [0.05, 0.1) is 10.6 Å². The average molecular weight is 289 g/mol. The molecule has 3 nitrogen and oxygen atoms in total. The van der Waals surface area contributed by atoms with Crippen LogP contribution in [0.3, 0.4) is 0 Å². The Morgan fingerprint density at radius 3 is 2.42 bits per heavy atom. The molecule has 1 N–H and O–H groups in total. The highest BCUT2D eigenvalue weighted by atomic mass is 32.2. The molecule has 0 heterocycles. The summed E-state index contributed by atoms with van der Waals surface area (Å²) in [6, 6.07) is 5.88. The first-order valence-corrected chi connectivity index (χ1v) is 7.85. The van der Waals surface area contributed by atoms with Crippen LogP contribution in [0.25, 0.3) is 0 Å². The van der Waals surface area contributed by atoms with Crippen molar-refractivity contribution in [1.82, 2.24) is 0 Å². The summed E-state index contributed by atoms with van der Waals surface area (Å²) in [5.41, 5.74) is 0.137. The summed E-state index contributed by atoms with van der Waals surface area (Å²) in [5.74, 6) is -3.39. The summed E-state index contributed by atoms with van der Waals surface area (Å²) >= 11 is 0. The van der Waals surface area contributed by atoms with Crippen molar-refractivity contribution < 1.29 is 17.2 Å². The number of para-hydroxylation sites is 1. The van der Waals surface area contributed by atoms with Crippen molar-refractivity contribution in [2.75, 3.05) is 5.32 Å². The molecule has 0 aliphatic heterocycles. The lowest BCUT2D eigenvalue weighted by Crippen LogP contribution is -2.44. The molecule has 106 valence electrons. The third-order valence-electron chi connectivity index (χ3n) is 3.82. The highest BCUT2D eigenvalue weighted by Crippen LogP contribution is 2.39. The molecular weight excluding hydrogens is 272 g/mol. The minimum Gasteiger partial charge on any atom is -0.379 e. The molecule has 0 radical (unpaired) electrons. The van der Waals surface area contributed by atoms with Crippen LogP contribution in [0.2, 0.25) is 0 Å². The Labute approximate surface area is 111 Å². The van der Waals surface area contributed by atoms with Crippen molar-refractivity contribution in [3.63, 3.8) is 0 Å². The van der Waals surface area contributed by atoms with Gasteiger partial charge in [0, 0.05) is 5.54 Å². The predicted molar refractivity (Wildman–Crippen MR) is 70.1 cm³/mol. The summed E-state index contributed by atoms with van der Waals surface area (Å²) in [5, 5.41) is 3.16. The Morgan fingerprint density at radius 1 is 1.32 bits per heavy atom. The van der Waals surface area contributed by atoms with Gasteiger partial charge in [0.2, 0.25) is 9.84 Å². The van der Waals surface area contributed by atoms with Crippen molar-refractivity contribution in [2.45, 2.75) is 48.8 Å². The Kier molecular flexibility index (Phi) is 3.80. The number of hydrogen-bond donors (Lipinski definition) is 1. The van der Waals surface area contributed by atoms with Crippen LogP contribution in [0, 0.1) is 0 Å². The minimum absolute atomic E-state index is 0.145. The third-order valence-corrected chi connectivity index (χ3v) is 5.25. The normalized spacial score (nSPS) is 18.1. The van der Waals surface area contributed by atoms with Crippen LogP contribution in [0.15, 0.2) is 29.2 Å². The lowest BCUT2D eigenvalue weighted by molar-refractivity contribution is 0.234. The van der Waals surface area contributed by atoms with Crippen molar-refractivity contribution in [1.29, 1.82) is 0 Å². The van der Waals surface area contributed by atoms with Gasteiger partial charge in [-0.25, -0.2) is 8.42 Å². The summed E-state index contributed by atoms with van der Waals surface area (Å²) in [4.78, 5) is -0.315. The van der Waals surface area contributed by atoms with E-state index in [0.29, 0.717) is 0 Å².